The highest BCUT2D eigenvalue weighted by Gasteiger charge is 2.25. The van der Waals surface area contributed by atoms with Crippen LogP contribution < -0.4 is 15.2 Å². The highest BCUT2D eigenvalue weighted by Crippen LogP contribution is 2.38. The van der Waals surface area contributed by atoms with E-state index in [-0.39, 0.29) is 5.95 Å². The van der Waals surface area contributed by atoms with Crippen LogP contribution in [0.5, 0.6) is 11.6 Å². The maximum absolute atomic E-state index is 13.0. The number of fused-ring (bicyclic) bond motifs is 1. The summed E-state index contributed by atoms with van der Waals surface area (Å²) in [5, 5.41) is 1.50. The van der Waals surface area contributed by atoms with Gasteiger partial charge in [-0.25, -0.2) is 15.0 Å². The van der Waals surface area contributed by atoms with Gasteiger partial charge in [-0.3, -0.25) is 4.72 Å². The Bertz CT molecular complexity index is 1490. The van der Waals surface area contributed by atoms with E-state index in [1.807, 2.05) is 37.3 Å². The van der Waals surface area contributed by atoms with Crippen LogP contribution in [-0.2, 0) is 10.2 Å². The summed E-state index contributed by atoms with van der Waals surface area (Å²) in [6, 6.07) is 14.7. The van der Waals surface area contributed by atoms with E-state index in [1.54, 1.807) is 30.6 Å². The largest absolute Gasteiger partial charge is 0.437 e. The average molecular weight is 491 g/mol. The molecule has 0 atom stereocenters. The molecule has 1 aliphatic heterocycles. The summed E-state index contributed by atoms with van der Waals surface area (Å²) in [4.78, 5) is 12.7. The van der Waals surface area contributed by atoms with Gasteiger partial charge in [0.2, 0.25) is 11.8 Å². The first kappa shape index (κ1) is 23.0. The summed E-state index contributed by atoms with van der Waals surface area (Å²) in [5.41, 5.74) is 8.42. The van der Waals surface area contributed by atoms with Crippen molar-refractivity contribution in [2.24, 2.45) is 0 Å². The van der Waals surface area contributed by atoms with Gasteiger partial charge in [-0.15, -0.1) is 0 Å². The highest BCUT2D eigenvalue weighted by atomic mass is 32.2. The molecular formula is C25H26N6O3S. The molecule has 3 heterocycles. The van der Waals surface area contributed by atoms with Gasteiger partial charge in [0, 0.05) is 36.3 Å². The fraction of sp³-hybridized carbons (Fsp3) is 0.240. The van der Waals surface area contributed by atoms with Crippen molar-refractivity contribution in [3.63, 3.8) is 0 Å². The second-order valence-corrected chi connectivity index (χ2v) is 10.1. The number of aromatic nitrogens is 3. The normalized spacial score (nSPS) is 14.7. The Hall–Kier alpha value is -3.76. The molecule has 10 heteroatoms. The minimum Gasteiger partial charge on any atom is -0.437 e. The zero-order valence-electron chi connectivity index (χ0n) is 19.3. The van der Waals surface area contributed by atoms with E-state index >= 15 is 0 Å². The molecule has 0 saturated carbocycles. The van der Waals surface area contributed by atoms with Crippen LogP contribution in [-0.4, -0.2) is 40.8 Å². The number of rotatable bonds is 6. The molecular weight excluding hydrogens is 464 g/mol. The molecule has 5 rings (SSSR count). The second-order valence-electron chi connectivity index (χ2n) is 8.44. The van der Waals surface area contributed by atoms with Crippen molar-refractivity contribution in [2.75, 3.05) is 23.5 Å². The number of hydrogen-bond donors (Lipinski definition) is 2. The van der Waals surface area contributed by atoms with Gasteiger partial charge in [-0.2, -0.15) is 12.7 Å². The summed E-state index contributed by atoms with van der Waals surface area (Å²) < 4.78 is 36.7. The van der Waals surface area contributed by atoms with Crippen LogP contribution in [0.2, 0.25) is 0 Å². The topological polar surface area (TPSA) is 123 Å². The Morgan fingerprint density at radius 1 is 0.943 bits per heavy atom. The standard InChI is InChI=1S/C25H26N6O3S/c1-17-10-11-18-19(7-5-9-22(18)30-35(32,33)31-15-3-2-4-16-31)23(17)34-24-20(8-6-13-27-24)21-12-14-28-25(26)29-21/h5-14,30H,2-4,15-16H2,1H3,(H2,26,28,29). The van der Waals surface area contributed by atoms with Gasteiger partial charge in [0.15, 0.2) is 0 Å². The Kier molecular flexibility index (Phi) is 6.23. The molecule has 0 aliphatic carbocycles. The Balaban J connectivity index is 1.54. The second kappa shape index (κ2) is 9.47. The quantitative estimate of drug-likeness (QED) is 0.407. The van der Waals surface area contributed by atoms with Crippen LogP contribution in [0.1, 0.15) is 24.8 Å². The molecule has 3 N–H and O–H groups in total. The molecule has 1 saturated heterocycles. The predicted molar refractivity (Wildman–Crippen MR) is 136 cm³/mol. The minimum absolute atomic E-state index is 0.157. The van der Waals surface area contributed by atoms with Crippen molar-refractivity contribution in [2.45, 2.75) is 26.2 Å². The van der Waals surface area contributed by atoms with Gasteiger partial charge in [-0.05, 0) is 49.6 Å². The summed E-state index contributed by atoms with van der Waals surface area (Å²) in [7, 11) is -3.65. The van der Waals surface area contributed by atoms with E-state index in [0.29, 0.717) is 41.7 Å². The lowest BCUT2D eigenvalue weighted by Gasteiger charge is -2.26. The van der Waals surface area contributed by atoms with Crippen molar-refractivity contribution < 1.29 is 13.2 Å². The zero-order valence-corrected chi connectivity index (χ0v) is 20.1. The molecule has 0 amide bonds. The van der Waals surface area contributed by atoms with Gasteiger partial charge in [0.25, 0.3) is 0 Å². The molecule has 1 aliphatic rings. The lowest BCUT2D eigenvalue weighted by Crippen LogP contribution is -2.39. The fourth-order valence-corrected chi connectivity index (χ4v) is 5.58. The monoisotopic (exact) mass is 490 g/mol. The third-order valence-electron chi connectivity index (χ3n) is 6.02. The lowest BCUT2D eigenvalue weighted by molar-refractivity contribution is 0.349. The molecule has 1 fully saturated rings. The van der Waals surface area contributed by atoms with Crippen LogP contribution in [0, 0.1) is 6.92 Å². The van der Waals surface area contributed by atoms with E-state index in [4.69, 9.17) is 10.5 Å². The van der Waals surface area contributed by atoms with Crippen molar-refractivity contribution in [3.05, 3.63) is 66.5 Å². The van der Waals surface area contributed by atoms with Crippen molar-refractivity contribution in [3.8, 4) is 22.9 Å². The predicted octanol–water partition coefficient (Wildman–Crippen LogP) is 4.52. The van der Waals surface area contributed by atoms with E-state index in [2.05, 4.69) is 19.7 Å². The molecule has 4 aromatic rings. The number of nitrogen functional groups attached to an aromatic ring is 1. The maximum atomic E-state index is 13.0. The van der Waals surface area contributed by atoms with Gasteiger partial charge in [-0.1, -0.05) is 30.7 Å². The molecule has 0 spiro atoms. The first-order chi connectivity index (χ1) is 16.9. The van der Waals surface area contributed by atoms with Crippen molar-refractivity contribution in [1.82, 2.24) is 19.3 Å². The third-order valence-corrected chi connectivity index (χ3v) is 7.55. The van der Waals surface area contributed by atoms with E-state index in [9.17, 15) is 8.42 Å². The summed E-state index contributed by atoms with van der Waals surface area (Å²) in [6.07, 6.45) is 6.02. The van der Waals surface area contributed by atoms with E-state index in [0.717, 1.165) is 35.6 Å². The molecule has 0 bridgehead atoms. The smallest absolute Gasteiger partial charge is 0.301 e. The van der Waals surface area contributed by atoms with Crippen LogP contribution >= 0.6 is 0 Å². The number of hydrogen-bond acceptors (Lipinski definition) is 7. The molecule has 180 valence electrons. The number of nitrogens with one attached hydrogen (secondary N) is 1. The first-order valence-corrected chi connectivity index (χ1v) is 12.9. The number of pyridine rings is 1. The molecule has 2 aromatic heterocycles. The summed E-state index contributed by atoms with van der Waals surface area (Å²) in [5.74, 6) is 1.10. The van der Waals surface area contributed by atoms with Crippen LogP contribution in [0.25, 0.3) is 22.0 Å². The van der Waals surface area contributed by atoms with Crippen LogP contribution in [0.15, 0.2) is 60.9 Å². The number of nitrogens with zero attached hydrogens (tertiary/aromatic N) is 4. The van der Waals surface area contributed by atoms with Crippen LogP contribution in [0.3, 0.4) is 0 Å². The van der Waals surface area contributed by atoms with E-state index in [1.165, 1.54) is 4.31 Å². The molecule has 2 aromatic carbocycles. The number of aryl methyl sites for hydroxylation is 1. The Morgan fingerprint density at radius 2 is 1.77 bits per heavy atom. The third kappa shape index (κ3) is 4.75. The highest BCUT2D eigenvalue weighted by molar-refractivity contribution is 7.90. The molecule has 0 radical (unpaired) electrons. The Morgan fingerprint density at radius 3 is 2.57 bits per heavy atom. The summed E-state index contributed by atoms with van der Waals surface area (Å²) >= 11 is 0. The van der Waals surface area contributed by atoms with E-state index < -0.39 is 10.2 Å². The molecule has 35 heavy (non-hydrogen) atoms. The fourth-order valence-electron chi connectivity index (χ4n) is 4.26. The maximum Gasteiger partial charge on any atom is 0.301 e. The van der Waals surface area contributed by atoms with Gasteiger partial charge < -0.3 is 10.5 Å². The van der Waals surface area contributed by atoms with Gasteiger partial charge in [0.05, 0.1) is 16.9 Å². The van der Waals surface area contributed by atoms with Crippen molar-refractivity contribution >= 4 is 32.6 Å². The molecule has 9 nitrogen and oxygen atoms in total. The Labute approximate surface area is 204 Å². The first-order valence-electron chi connectivity index (χ1n) is 11.4. The van der Waals surface area contributed by atoms with Gasteiger partial charge in [0.1, 0.15) is 5.75 Å². The number of ether oxygens (including phenoxy) is 1. The summed E-state index contributed by atoms with van der Waals surface area (Å²) in [6.45, 7) is 3.00. The number of nitrogens with two attached hydrogens (primary N) is 1. The number of anilines is 2. The zero-order chi connectivity index (χ0) is 24.4. The number of piperidine rings is 1. The molecule has 0 unspecified atom stereocenters. The van der Waals surface area contributed by atoms with Gasteiger partial charge >= 0.3 is 10.2 Å². The van der Waals surface area contributed by atoms with Crippen LogP contribution in [0.4, 0.5) is 11.6 Å². The SMILES string of the molecule is Cc1ccc2c(NS(=O)(=O)N3CCCCC3)cccc2c1Oc1ncccc1-c1ccnc(N)n1. The van der Waals surface area contributed by atoms with Crippen molar-refractivity contribution in [1.29, 1.82) is 0 Å². The minimum atomic E-state index is -3.65. The lowest BCUT2D eigenvalue weighted by atomic mass is 10.0. The number of benzene rings is 2. The average Bonchev–Trinajstić information content (AvgIpc) is 2.86.